The van der Waals surface area contributed by atoms with Crippen LogP contribution in [0.2, 0.25) is 0 Å². The predicted molar refractivity (Wildman–Crippen MR) is 106 cm³/mol. The average Bonchev–Trinajstić information content (AvgIpc) is 3.25. The first-order valence-corrected chi connectivity index (χ1v) is 9.99. The zero-order chi connectivity index (χ0) is 19.8. The van der Waals surface area contributed by atoms with E-state index in [9.17, 15) is 4.79 Å². The minimum absolute atomic E-state index is 0.176. The summed E-state index contributed by atoms with van der Waals surface area (Å²) in [6.45, 7) is 9.57. The molecule has 1 unspecified atom stereocenters. The SMILES string of the molecule is Cc1cc(-c2cnc3cc(C)nn3c2C2CCCN(C(=O)CC(C)C)C2)on1. The van der Waals surface area contributed by atoms with Gasteiger partial charge < -0.3 is 9.42 Å². The normalized spacial score (nSPS) is 17.6. The molecule has 7 nitrogen and oxygen atoms in total. The van der Waals surface area contributed by atoms with E-state index in [0.717, 1.165) is 47.7 Å². The number of hydrogen-bond donors (Lipinski definition) is 0. The Labute approximate surface area is 164 Å². The van der Waals surface area contributed by atoms with Crippen molar-refractivity contribution in [2.24, 2.45) is 5.92 Å². The second-order valence-electron chi connectivity index (χ2n) is 8.22. The molecular weight excluding hydrogens is 354 g/mol. The van der Waals surface area contributed by atoms with Gasteiger partial charge in [0.2, 0.25) is 5.91 Å². The molecule has 1 aliphatic heterocycles. The van der Waals surface area contributed by atoms with E-state index in [0.29, 0.717) is 24.6 Å². The molecule has 1 atom stereocenters. The zero-order valence-corrected chi connectivity index (χ0v) is 17.0. The summed E-state index contributed by atoms with van der Waals surface area (Å²) in [7, 11) is 0. The summed E-state index contributed by atoms with van der Waals surface area (Å²) in [5.74, 6) is 1.47. The van der Waals surface area contributed by atoms with Crippen molar-refractivity contribution in [3.05, 3.63) is 35.4 Å². The fraction of sp³-hybridized carbons (Fsp3) is 0.524. The van der Waals surface area contributed by atoms with E-state index in [2.05, 4.69) is 29.1 Å². The van der Waals surface area contributed by atoms with E-state index in [1.165, 1.54) is 0 Å². The van der Waals surface area contributed by atoms with Gasteiger partial charge in [0.25, 0.3) is 0 Å². The molecule has 1 amide bonds. The molecule has 0 N–H and O–H groups in total. The molecule has 0 saturated carbocycles. The minimum atomic E-state index is 0.176. The summed E-state index contributed by atoms with van der Waals surface area (Å²) in [6.07, 6.45) is 4.42. The predicted octanol–water partition coefficient (Wildman–Crippen LogP) is 3.75. The van der Waals surface area contributed by atoms with Gasteiger partial charge >= 0.3 is 0 Å². The zero-order valence-electron chi connectivity index (χ0n) is 17.0. The maximum atomic E-state index is 12.7. The molecule has 4 heterocycles. The number of likely N-dealkylation sites (tertiary alicyclic amines) is 1. The molecule has 1 saturated heterocycles. The van der Waals surface area contributed by atoms with Crippen molar-refractivity contribution in [1.82, 2.24) is 24.7 Å². The average molecular weight is 381 g/mol. The minimum Gasteiger partial charge on any atom is -0.356 e. The fourth-order valence-electron chi connectivity index (χ4n) is 4.04. The first-order chi connectivity index (χ1) is 13.4. The number of aromatic nitrogens is 4. The lowest BCUT2D eigenvalue weighted by Crippen LogP contribution is -2.40. The standard InChI is InChI=1S/C21H27N5O2/c1-13(2)8-20(27)25-7-5-6-16(12-25)21-17(18-9-15(4)24-28-18)11-22-19-10-14(3)23-26(19)21/h9-11,13,16H,5-8,12H2,1-4H3. The lowest BCUT2D eigenvalue weighted by molar-refractivity contribution is -0.133. The third-order valence-corrected chi connectivity index (χ3v) is 5.28. The number of carbonyl (C=O) groups is 1. The molecule has 3 aromatic rings. The van der Waals surface area contributed by atoms with Crippen LogP contribution in [0.25, 0.3) is 17.0 Å². The molecule has 0 bridgehead atoms. The van der Waals surface area contributed by atoms with Gasteiger partial charge in [0.1, 0.15) is 0 Å². The Hall–Kier alpha value is -2.70. The van der Waals surface area contributed by atoms with Crippen molar-refractivity contribution >= 4 is 11.6 Å². The van der Waals surface area contributed by atoms with Gasteiger partial charge in [-0.1, -0.05) is 19.0 Å². The van der Waals surface area contributed by atoms with E-state index in [4.69, 9.17) is 4.52 Å². The Bertz CT molecular complexity index is 1000. The van der Waals surface area contributed by atoms with Gasteiger partial charge in [-0.3, -0.25) is 4.79 Å². The van der Waals surface area contributed by atoms with Crippen LogP contribution >= 0.6 is 0 Å². The highest BCUT2D eigenvalue weighted by atomic mass is 16.5. The molecule has 3 aromatic heterocycles. The number of fused-ring (bicyclic) bond motifs is 1. The first kappa shape index (κ1) is 18.7. The summed E-state index contributed by atoms with van der Waals surface area (Å²) >= 11 is 0. The van der Waals surface area contributed by atoms with Crippen LogP contribution in [-0.4, -0.2) is 43.7 Å². The summed E-state index contributed by atoms with van der Waals surface area (Å²) < 4.78 is 7.47. The molecule has 7 heteroatoms. The van der Waals surface area contributed by atoms with Crippen LogP contribution < -0.4 is 0 Å². The fourth-order valence-corrected chi connectivity index (χ4v) is 4.04. The second kappa shape index (κ2) is 7.37. The molecular formula is C21H27N5O2. The smallest absolute Gasteiger partial charge is 0.222 e. The maximum absolute atomic E-state index is 12.7. The van der Waals surface area contributed by atoms with Crippen LogP contribution in [-0.2, 0) is 4.79 Å². The van der Waals surface area contributed by atoms with Crippen LogP contribution in [0.15, 0.2) is 22.9 Å². The largest absolute Gasteiger partial charge is 0.356 e. The van der Waals surface area contributed by atoms with E-state index in [1.54, 1.807) is 0 Å². The van der Waals surface area contributed by atoms with Gasteiger partial charge in [0.05, 0.1) is 22.6 Å². The summed E-state index contributed by atoms with van der Waals surface area (Å²) in [5.41, 5.74) is 4.52. The lowest BCUT2D eigenvalue weighted by Gasteiger charge is -2.34. The van der Waals surface area contributed by atoms with Gasteiger partial charge in [-0.05, 0) is 32.6 Å². The molecule has 1 aliphatic rings. The van der Waals surface area contributed by atoms with Crippen molar-refractivity contribution in [3.8, 4) is 11.3 Å². The first-order valence-electron chi connectivity index (χ1n) is 9.99. The molecule has 4 rings (SSSR count). The Morgan fingerprint density at radius 3 is 2.82 bits per heavy atom. The van der Waals surface area contributed by atoms with Crippen LogP contribution in [0, 0.1) is 19.8 Å². The van der Waals surface area contributed by atoms with Gasteiger partial charge in [0.15, 0.2) is 11.4 Å². The maximum Gasteiger partial charge on any atom is 0.222 e. The van der Waals surface area contributed by atoms with E-state index in [-0.39, 0.29) is 11.8 Å². The van der Waals surface area contributed by atoms with Gasteiger partial charge in [-0.25, -0.2) is 9.50 Å². The third-order valence-electron chi connectivity index (χ3n) is 5.28. The van der Waals surface area contributed by atoms with Crippen LogP contribution in [0.4, 0.5) is 0 Å². The van der Waals surface area contributed by atoms with Crippen LogP contribution in [0.3, 0.4) is 0 Å². The van der Waals surface area contributed by atoms with E-state index in [1.807, 2.05) is 41.6 Å². The van der Waals surface area contributed by atoms with Gasteiger partial charge in [-0.15, -0.1) is 0 Å². The topological polar surface area (TPSA) is 76.5 Å². The van der Waals surface area contributed by atoms with E-state index >= 15 is 0 Å². The van der Waals surface area contributed by atoms with Crippen LogP contribution in [0.1, 0.15) is 56.1 Å². The van der Waals surface area contributed by atoms with Crippen LogP contribution in [0.5, 0.6) is 0 Å². The molecule has 0 aliphatic carbocycles. The number of aryl methyl sites for hydroxylation is 2. The number of piperidine rings is 1. The van der Waals surface area contributed by atoms with Gasteiger partial charge in [-0.2, -0.15) is 5.10 Å². The molecule has 0 aromatic carbocycles. The number of nitrogens with zero attached hydrogens (tertiary/aromatic N) is 5. The number of amides is 1. The molecule has 0 spiro atoms. The molecule has 0 radical (unpaired) electrons. The van der Waals surface area contributed by atoms with Crippen molar-refractivity contribution in [3.63, 3.8) is 0 Å². The van der Waals surface area contributed by atoms with Gasteiger partial charge in [0, 0.05) is 43.8 Å². The highest BCUT2D eigenvalue weighted by molar-refractivity contribution is 5.76. The summed E-state index contributed by atoms with van der Waals surface area (Å²) in [6, 6.07) is 3.90. The highest BCUT2D eigenvalue weighted by Gasteiger charge is 2.30. The number of carbonyl (C=O) groups excluding carboxylic acids is 1. The quantitative estimate of drug-likeness (QED) is 0.688. The lowest BCUT2D eigenvalue weighted by atomic mass is 9.90. The van der Waals surface area contributed by atoms with Crippen molar-refractivity contribution in [2.45, 2.75) is 52.9 Å². The number of hydrogen-bond acceptors (Lipinski definition) is 5. The van der Waals surface area contributed by atoms with Crippen molar-refractivity contribution in [2.75, 3.05) is 13.1 Å². The highest BCUT2D eigenvalue weighted by Crippen LogP contribution is 2.35. The third kappa shape index (κ3) is 3.53. The molecule has 1 fully saturated rings. The summed E-state index contributed by atoms with van der Waals surface area (Å²) in [4.78, 5) is 19.2. The Morgan fingerprint density at radius 1 is 1.29 bits per heavy atom. The Balaban J connectivity index is 1.76. The Morgan fingerprint density at radius 2 is 2.11 bits per heavy atom. The number of rotatable bonds is 4. The molecule has 28 heavy (non-hydrogen) atoms. The van der Waals surface area contributed by atoms with E-state index < -0.39 is 0 Å². The summed E-state index contributed by atoms with van der Waals surface area (Å²) in [5, 5.41) is 8.73. The van der Waals surface area contributed by atoms with Crippen molar-refractivity contribution in [1.29, 1.82) is 0 Å². The second-order valence-corrected chi connectivity index (χ2v) is 8.22. The monoisotopic (exact) mass is 381 g/mol. The Kier molecular flexibility index (Phi) is 4.91. The molecule has 148 valence electrons. The van der Waals surface area contributed by atoms with Crippen molar-refractivity contribution < 1.29 is 9.32 Å².